The van der Waals surface area contributed by atoms with E-state index < -0.39 is 0 Å². The van der Waals surface area contributed by atoms with E-state index in [0.29, 0.717) is 18.0 Å². The van der Waals surface area contributed by atoms with Gasteiger partial charge in [-0.3, -0.25) is 4.90 Å². The summed E-state index contributed by atoms with van der Waals surface area (Å²) in [5, 5.41) is 0. The molecule has 2 aliphatic rings. The highest BCUT2D eigenvalue weighted by Gasteiger charge is 2.36. The molecule has 2 rings (SSSR count). The van der Waals surface area contributed by atoms with Gasteiger partial charge < -0.3 is 4.74 Å². The summed E-state index contributed by atoms with van der Waals surface area (Å²) < 4.78 is 5.50. The first-order chi connectivity index (χ1) is 6.31. The van der Waals surface area contributed by atoms with Crippen molar-refractivity contribution in [1.29, 1.82) is 0 Å². The molecule has 0 aromatic rings. The van der Waals surface area contributed by atoms with E-state index >= 15 is 0 Å². The maximum Gasteiger partial charge on any atom is 0.0622 e. The number of fused-ring (bicyclic) bond motifs is 2. The van der Waals surface area contributed by atoms with Gasteiger partial charge in [0.25, 0.3) is 0 Å². The molecule has 0 aromatic carbocycles. The van der Waals surface area contributed by atoms with Crippen LogP contribution >= 0.6 is 11.6 Å². The molecule has 2 saturated heterocycles. The largest absolute Gasteiger partial charge is 0.378 e. The molecule has 0 aromatic heterocycles. The van der Waals surface area contributed by atoms with E-state index in [1.807, 2.05) is 0 Å². The highest BCUT2D eigenvalue weighted by molar-refractivity contribution is 6.19. The normalized spacial score (nSPS) is 33.6. The first kappa shape index (κ1) is 9.50. The zero-order valence-corrected chi connectivity index (χ0v) is 8.59. The average Bonchev–Trinajstić information content (AvgIpc) is 2.41. The van der Waals surface area contributed by atoms with E-state index in [4.69, 9.17) is 16.3 Å². The molecule has 0 spiro atoms. The van der Waals surface area contributed by atoms with Crippen molar-refractivity contribution in [2.45, 2.75) is 24.9 Å². The Hall–Kier alpha value is -0.0500. The van der Waals surface area contributed by atoms with Crippen molar-refractivity contribution < 1.29 is 4.74 Å². The van der Waals surface area contributed by atoms with Crippen molar-refractivity contribution in [3.05, 3.63) is 12.2 Å². The van der Waals surface area contributed by atoms with Gasteiger partial charge in [0.1, 0.15) is 0 Å². The fraction of sp³-hybridized carbons (Fsp3) is 0.800. The maximum absolute atomic E-state index is 5.73. The second kappa shape index (κ2) is 3.99. The summed E-state index contributed by atoms with van der Waals surface area (Å²) in [4.78, 5) is 2.51. The van der Waals surface area contributed by atoms with Crippen LogP contribution in [0.5, 0.6) is 0 Å². The lowest BCUT2D eigenvalue weighted by Crippen LogP contribution is -2.46. The second-order valence-corrected chi connectivity index (χ2v) is 4.25. The van der Waals surface area contributed by atoms with Crippen LogP contribution in [0.3, 0.4) is 0 Å². The van der Waals surface area contributed by atoms with Crippen molar-refractivity contribution in [1.82, 2.24) is 4.90 Å². The van der Waals surface area contributed by atoms with Gasteiger partial charge in [-0.1, -0.05) is 6.58 Å². The fourth-order valence-electron chi connectivity index (χ4n) is 2.27. The lowest BCUT2D eigenvalue weighted by atomic mass is 10.2. The summed E-state index contributed by atoms with van der Waals surface area (Å²) in [6, 6.07) is 1.25. The van der Waals surface area contributed by atoms with Gasteiger partial charge in [-0.15, -0.1) is 11.6 Å². The lowest BCUT2D eigenvalue weighted by molar-refractivity contribution is -0.00955. The van der Waals surface area contributed by atoms with Crippen LogP contribution in [0.2, 0.25) is 0 Å². The van der Waals surface area contributed by atoms with Crippen LogP contribution in [0.4, 0.5) is 0 Å². The minimum Gasteiger partial charge on any atom is -0.378 e. The van der Waals surface area contributed by atoms with Gasteiger partial charge in [-0.25, -0.2) is 0 Å². The van der Waals surface area contributed by atoms with Crippen LogP contribution in [-0.4, -0.2) is 42.6 Å². The van der Waals surface area contributed by atoms with Crippen LogP contribution in [0, 0.1) is 0 Å². The van der Waals surface area contributed by atoms with E-state index in [-0.39, 0.29) is 0 Å². The van der Waals surface area contributed by atoms with Crippen LogP contribution in [0.1, 0.15) is 12.8 Å². The number of morpholine rings is 1. The Morgan fingerprint density at radius 2 is 2.00 bits per heavy atom. The van der Waals surface area contributed by atoms with Gasteiger partial charge in [0.05, 0.1) is 13.2 Å². The van der Waals surface area contributed by atoms with Gasteiger partial charge in [0.2, 0.25) is 0 Å². The number of halogens is 1. The van der Waals surface area contributed by atoms with Gasteiger partial charge in [0, 0.05) is 24.5 Å². The highest BCUT2D eigenvalue weighted by atomic mass is 35.5. The molecule has 0 radical (unpaired) electrons. The molecule has 0 saturated carbocycles. The Morgan fingerprint density at radius 1 is 1.38 bits per heavy atom. The third-order valence-electron chi connectivity index (χ3n) is 2.99. The summed E-state index contributed by atoms with van der Waals surface area (Å²) in [6.07, 6.45) is 2.56. The molecule has 2 aliphatic heterocycles. The minimum atomic E-state index is 0.580. The SMILES string of the molecule is C=C(CCl)CN1C2CCC1COC2. The number of hydrogen-bond acceptors (Lipinski definition) is 2. The van der Waals surface area contributed by atoms with Gasteiger partial charge >= 0.3 is 0 Å². The van der Waals surface area contributed by atoms with E-state index in [0.717, 1.165) is 25.3 Å². The standard InChI is InChI=1S/C10H16ClNO/c1-8(4-11)5-12-9-2-3-10(12)7-13-6-9/h9-10H,1-7H2. The molecule has 2 bridgehead atoms. The number of alkyl halides is 1. The first-order valence-electron chi connectivity index (χ1n) is 4.87. The van der Waals surface area contributed by atoms with Crippen molar-refractivity contribution in [2.75, 3.05) is 25.6 Å². The van der Waals surface area contributed by atoms with Crippen LogP contribution in [-0.2, 0) is 4.74 Å². The molecule has 2 atom stereocenters. The maximum atomic E-state index is 5.73. The smallest absolute Gasteiger partial charge is 0.0622 e. The van der Waals surface area contributed by atoms with Crippen molar-refractivity contribution in [3.63, 3.8) is 0 Å². The van der Waals surface area contributed by atoms with E-state index in [9.17, 15) is 0 Å². The molecule has 74 valence electrons. The molecular weight excluding hydrogens is 186 g/mol. The highest BCUT2D eigenvalue weighted by Crippen LogP contribution is 2.29. The predicted molar refractivity (Wildman–Crippen MR) is 54.2 cm³/mol. The molecule has 2 heterocycles. The Bertz CT molecular complexity index is 191. The van der Waals surface area contributed by atoms with E-state index in [1.165, 1.54) is 12.8 Å². The van der Waals surface area contributed by atoms with Crippen molar-refractivity contribution in [3.8, 4) is 0 Å². The first-order valence-corrected chi connectivity index (χ1v) is 5.41. The zero-order chi connectivity index (χ0) is 9.26. The third kappa shape index (κ3) is 1.90. The van der Waals surface area contributed by atoms with E-state index in [1.54, 1.807) is 0 Å². The second-order valence-electron chi connectivity index (χ2n) is 3.98. The number of nitrogens with zero attached hydrogens (tertiary/aromatic N) is 1. The summed E-state index contributed by atoms with van der Waals surface area (Å²) in [5.41, 5.74) is 1.13. The Morgan fingerprint density at radius 3 is 2.54 bits per heavy atom. The molecule has 2 nitrogen and oxygen atoms in total. The number of rotatable bonds is 3. The summed E-state index contributed by atoms with van der Waals surface area (Å²) in [7, 11) is 0. The van der Waals surface area contributed by atoms with Gasteiger partial charge in [-0.2, -0.15) is 0 Å². The third-order valence-corrected chi connectivity index (χ3v) is 3.36. The van der Waals surface area contributed by atoms with E-state index in [2.05, 4.69) is 11.5 Å². The molecule has 0 amide bonds. The van der Waals surface area contributed by atoms with Crippen LogP contribution < -0.4 is 0 Å². The molecular formula is C10H16ClNO. The van der Waals surface area contributed by atoms with Crippen molar-refractivity contribution in [2.24, 2.45) is 0 Å². The molecule has 0 aliphatic carbocycles. The minimum absolute atomic E-state index is 0.580. The Balaban J connectivity index is 1.95. The molecule has 3 heteroatoms. The number of hydrogen-bond donors (Lipinski definition) is 0. The molecule has 0 N–H and O–H groups in total. The Kier molecular flexibility index (Phi) is 2.92. The molecule has 2 fully saturated rings. The average molecular weight is 202 g/mol. The molecule has 2 unspecified atom stereocenters. The van der Waals surface area contributed by atoms with Gasteiger partial charge in [0.15, 0.2) is 0 Å². The predicted octanol–water partition coefficient (Wildman–Crippen LogP) is 1.64. The summed E-state index contributed by atoms with van der Waals surface area (Å²) in [6.45, 7) is 6.70. The molecule has 13 heavy (non-hydrogen) atoms. The number of ether oxygens (including phenoxy) is 1. The van der Waals surface area contributed by atoms with Crippen LogP contribution in [0.15, 0.2) is 12.2 Å². The zero-order valence-electron chi connectivity index (χ0n) is 7.84. The topological polar surface area (TPSA) is 12.5 Å². The quantitative estimate of drug-likeness (QED) is 0.509. The van der Waals surface area contributed by atoms with Gasteiger partial charge in [-0.05, 0) is 18.4 Å². The van der Waals surface area contributed by atoms with Crippen molar-refractivity contribution >= 4 is 11.6 Å². The summed E-state index contributed by atoms with van der Waals surface area (Å²) in [5.74, 6) is 0.580. The monoisotopic (exact) mass is 201 g/mol. The fourth-order valence-corrected chi connectivity index (χ4v) is 2.36. The van der Waals surface area contributed by atoms with Crippen LogP contribution in [0.25, 0.3) is 0 Å². The summed E-state index contributed by atoms with van der Waals surface area (Å²) >= 11 is 5.73. The lowest BCUT2D eigenvalue weighted by Gasteiger charge is -2.34. The Labute approximate surface area is 84.5 Å².